The Morgan fingerprint density at radius 1 is 1.26 bits per heavy atom. The Hall–Kier alpha value is -0.960. The van der Waals surface area contributed by atoms with Gasteiger partial charge in [0.05, 0.1) is 0 Å². The number of benzene rings is 1. The molecule has 1 aliphatic rings. The Labute approximate surface area is 185 Å². The number of thioether (sulfide) groups is 1. The zero-order chi connectivity index (χ0) is 18.8. The molecule has 152 valence electrons. The van der Waals surface area contributed by atoms with Crippen LogP contribution in [0.25, 0.3) is 0 Å². The first-order valence-corrected chi connectivity index (χ1v) is 10.6. The Balaban J connectivity index is 0.00000364. The molecule has 0 atom stereocenters. The molecular weight excluding hydrogens is 471 g/mol. The molecule has 0 spiro atoms. The minimum Gasteiger partial charge on any atom is -0.359 e. The molecule has 1 aliphatic heterocycles. The van der Waals surface area contributed by atoms with Crippen molar-refractivity contribution in [2.24, 2.45) is 10.9 Å². The van der Waals surface area contributed by atoms with Crippen molar-refractivity contribution < 1.29 is 4.79 Å². The predicted molar refractivity (Wildman–Crippen MR) is 127 cm³/mol. The van der Waals surface area contributed by atoms with Gasteiger partial charge in [-0.2, -0.15) is 11.8 Å². The number of hydrogen-bond acceptors (Lipinski definition) is 3. The molecule has 27 heavy (non-hydrogen) atoms. The lowest BCUT2D eigenvalue weighted by molar-refractivity contribution is -0.121. The van der Waals surface area contributed by atoms with Crippen molar-refractivity contribution in [3.63, 3.8) is 0 Å². The maximum Gasteiger partial charge on any atom is 0.220 e. The first-order valence-electron chi connectivity index (χ1n) is 9.42. The molecule has 0 bridgehead atoms. The van der Waals surface area contributed by atoms with Crippen molar-refractivity contribution in [2.45, 2.75) is 31.9 Å². The summed E-state index contributed by atoms with van der Waals surface area (Å²) in [6.45, 7) is 4.98. The second-order valence-corrected chi connectivity index (χ2v) is 7.93. The van der Waals surface area contributed by atoms with Crippen LogP contribution in [0.1, 0.15) is 30.4 Å². The van der Waals surface area contributed by atoms with Crippen LogP contribution >= 0.6 is 35.7 Å². The number of hydrogen-bond donors (Lipinski definition) is 2. The monoisotopic (exact) mass is 504 g/mol. The van der Waals surface area contributed by atoms with Crippen molar-refractivity contribution >= 4 is 47.6 Å². The van der Waals surface area contributed by atoms with E-state index in [1.165, 1.54) is 11.1 Å². The first kappa shape index (κ1) is 24.1. The number of carbonyl (C=O) groups excluding carboxylic acids is 1. The number of rotatable bonds is 7. The molecule has 0 radical (unpaired) electrons. The number of likely N-dealkylation sites (tertiary alicyclic amines) is 1. The van der Waals surface area contributed by atoms with Crippen LogP contribution in [0, 0.1) is 12.8 Å². The summed E-state index contributed by atoms with van der Waals surface area (Å²) in [6, 6.07) is 8.75. The largest absolute Gasteiger partial charge is 0.359 e. The number of nitrogens with one attached hydrogen (secondary N) is 2. The van der Waals surface area contributed by atoms with Crippen molar-refractivity contribution in [3.05, 3.63) is 35.4 Å². The summed E-state index contributed by atoms with van der Waals surface area (Å²) in [4.78, 5) is 18.2. The highest BCUT2D eigenvalue weighted by Gasteiger charge is 2.22. The number of aliphatic imine (C=N–C) groups is 1. The molecule has 0 unspecified atom stereocenters. The van der Waals surface area contributed by atoms with Crippen LogP contribution in [0.5, 0.6) is 0 Å². The maximum absolute atomic E-state index is 11.5. The second kappa shape index (κ2) is 13.3. The van der Waals surface area contributed by atoms with Crippen LogP contribution in [0.15, 0.2) is 29.3 Å². The van der Waals surface area contributed by atoms with Gasteiger partial charge in [-0.3, -0.25) is 9.79 Å². The van der Waals surface area contributed by atoms with Gasteiger partial charge in [0.25, 0.3) is 0 Å². The third kappa shape index (κ3) is 8.72. The van der Waals surface area contributed by atoms with Gasteiger partial charge in [-0.25, -0.2) is 0 Å². The number of carbonyl (C=O) groups is 1. The van der Waals surface area contributed by atoms with Crippen LogP contribution in [0.2, 0.25) is 0 Å². The molecule has 1 aromatic rings. The summed E-state index contributed by atoms with van der Waals surface area (Å²) in [5.74, 6) is 3.73. The fraction of sp³-hybridized carbons (Fsp3) is 0.600. The zero-order valence-electron chi connectivity index (χ0n) is 16.7. The van der Waals surface area contributed by atoms with Crippen LogP contribution in [-0.2, 0) is 10.5 Å². The lowest BCUT2D eigenvalue weighted by Gasteiger charge is -2.34. The van der Waals surface area contributed by atoms with E-state index in [-0.39, 0.29) is 29.9 Å². The SMILES string of the molecule is CN=C(NCCSCc1ccc(C)cc1)N1CCC(CC(=O)NC)CC1.I. The van der Waals surface area contributed by atoms with E-state index in [0.717, 1.165) is 49.9 Å². The summed E-state index contributed by atoms with van der Waals surface area (Å²) < 4.78 is 0. The van der Waals surface area contributed by atoms with Crippen LogP contribution in [-0.4, -0.2) is 56.2 Å². The van der Waals surface area contributed by atoms with Gasteiger partial charge in [0.15, 0.2) is 5.96 Å². The number of piperidine rings is 1. The smallest absolute Gasteiger partial charge is 0.220 e. The topological polar surface area (TPSA) is 56.7 Å². The van der Waals surface area contributed by atoms with E-state index in [2.05, 4.69) is 51.7 Å². The molecule has 2 N–H and O–H groups in total. The number of aryl methyl sites for hydroxylation is 1. The van der Waals surface area contributed by atoms with Gasteiger partial charge < -0.3 is 15.5 Å². The van der Waals surface area contributed by atoms with Crippen molar-refractivity contribution in [2.75, 3.05) is 39.5 Å². The summed E-state index contributed by atoms with van der Waals surface area (Å²) in [7, 11) is 3.55. The predicted octanol–water partition coefficient (Wildman–Crippen LogP) is 3.27. The van der Waals surface area contributed by atoms with E-state index >= 15 is 0 Å². The quantitative estimate of drug-likeness (QED) is 0.259. The molecule has 0 aromatic heterocycles. The van der Waals surface area contributed by atoms with Gasteiger partial charge in [0.2, 0.25) is 5.91 Å². The summed E-state index contributed by atoms with van der Waals surface area (Å²) in [5, 5.41) is 6.20. The van der Waals surface area contributed by atoms with Crippen LogP contribution < -0.4 is 10.6 Å². The molecule has 1 heterocycles. The molecule has 2 rings (SSSR count). The Bertz CT molecular complexity index is 586. The van der Waals surface area contributed by atoms with Gasteiger partial charge in [0.1, 0.15) is 0 Å². The molecule has 0 saturated carbocycles. The third-order valence-electron chi connectivity index (χ3n) is 4.80. The minimum absolute atomic E-state index is 0. The maximum atomic E-state index is 11.5. The van der Waals surface area contributed by atoms with Crippen LogP contribution in [0.4, 0.5) is 0 Å². The van der Waals surface area contributed by atoms with E-state index < -0.39 is 0 Å². The Morgan fingerprint density at radius 3 is 2.52 bits per heavy atom. The molecule has 1 fully saturated rings. The second-order valence-electron chi connectivity index (χ2n) is 6.82. The summed E-state index contributed by atoms with van der Waals surface area (Å²) in [5.41, 5.74) is 2.69. The molecule has 7 heteroatoms. The Kier molecular flexibility index (Phi) is 11.8. The summed E-state index contributed by atoms with van der Waals surface area (Å²) >= 11 is 1.94. The average Bonchev–Trinajstić information content (AvgIpc) is 2.67. The van der Waals surface area contributed by atoms with Crippen molar-refractivity contribution in [1.82, 2.24) is 15.5 Å². The fourth-order valence-electron chi connectivity index (χ4n) is 3.15. The van der Waals surface area contributed by atoms with E-state index in [4.69, 9.17) is 0 Å². The van der Waals surface area contributed by atoms with E-state index in [0.29, 0.717) is 12.3 Å². The van der Waals surface area contributed by atoms with Gasteiger partial charge in [-0.05, 0) is 31.2 Å². The highest BCUT2D eigenvalue weighted by Crippen LogP contribution is 2.20. The number of amides is 1. The average molecular weight is 504 g/mol. The normalized spacial score (nSPS) is 15.2. The van der Waals surface area contributed by atoms with Gasteiger partial charge in [-0.1, -0.05) is 29.8 Å². The number of guanidine groups is 1. The fourth-order valence-corrected chi connectivity index (χ4v) is 3.97. The van der Waals surface area contributed by atoms with E-state index in [9.17, 15) is 4.79 Å². The van der Waals surface area contributed by atoms with Gasteiger partial charge in [0, 0.05) is 51.7 Å². The number of halogens is 1. The zero-order valence-corrected chi connectivity index (χ0v) is 19.8. The van der Waals surface area contributed by atoms with Crippen molar-refractivity contribution in [3.8, 4) is 0 Å². The van der Waals surface area contributed by atoms with E-state index in [1.807, 2.05) is 18.8 Å². The van der Waals surface area contributed by atoms with Crippen LogP contribution in [0.3, 0.4) is 0 Å². The summed E-state index contributed by atoms with van der Waals surface area (Å²) in [6.07, 6.45) is 2.75. The van der Waals surface area contributed by atoms with E-state index in [1.54, 1.807) is 7.05 Å². The Morgan fingerprint density at radius 2 is 1.93 bits per heavy atom. The molecule has 0 aliphatic carbocycles. The third-order valence-corrected chi connectivity index (χ3v) is 5.83. The molecule has 5 nitrogen and oxygen atoms in total. The molecule has 1 saturated heterocycles. The molecular formula is C20H33IN4OS. The lowest BCUT2D eigenvalue weighted by atomic mass is 9.93. The lowest BCUT2D eigenvalue weighted by Crippen LogP contribution is -2.46. The number of nitrogens with zero attached hydrogens (tertiary/aromatic N) is 2. The van der Waals surface area contributed by atoms with Crippen molar-refractivity contribution in [1.29, 1.82) is 0 Å². The highest BCUT2D eigenvalue weighted by molar-refractivity contribution is 14.0. The molecule has 1 aromatic carbocycles. The molecule has 1 amide bonds. The first-order chi connectivity index (χ1) is 12.6. The van der Waals surface area contributed by atoms with Gasteiger partial charge in [-0.15, -0.1) is 24.0 Å². The standard InChI is InChI=1S/C20H32N4OS.HI/c1-16-4-6-18(7-5-16)15-26-13-10-23-20(22-3)24-11-8-17(9-12-24)14-19(25)21-2;/h4-7,17H,8-15H2,1-3H3,(H,21,25)(H,22,23);1H. The highest BCUT2D eigenvalue weighted by atomic mass is 127. The van der Waals surface area contributed by atoms with Gasteiger partial charge >= 0.3 is 0 Å². The minimum atomic E-state index is 0.